The SMILES string of the molecule is CC(=O)O.Cl.[Cd].[SnH2]. The number of halogens is 1. The Kier molecular flexibility index (Phi) is 52.8. The van der Waals surface area contributed by atoms with Crippen molar-refractivity contribution in [2.75, 3.05) is 0 Å². The van der Waals surface area contributed by atoms with Gasteiger partial charge >= 0.3 is 23.9 Å². The maximum absolute atomic E-state index is 9.00. The molecule has 40 valence electrons. The summed E-state index contributed by atoms with van der Waals surface area (Å²) in [7, 11) is 0. The van der Waals surface area contributed by atoms with E-state index in [0.29, 0.717) is 0 Å². The second-order valence-electron chi connectivity index (χ2n) is 0.519. The predicted octanol–water partition coefficient (Wildman–Crippen LogP) is -0.406. The molecule has 0 bridgehead atoms. The molecule has 0 aromatic carbocycles. The van der Waals surface area contributed by atoms with E-state index < -0.39 is 5.97 Å². The van der Waals surface area contributed by atoms with Crippen LogP contribution >= 0.6 is 12.4 Å². The summed E-state index contributed by atoms with van der Waals surface area (Å²) in [5, 5.41) is 7.42. The number of carboxylic acids is 1. The van der Waals surface area contributed by atoms with Crippen molar-refractivity contribution < 1.29 is 37.2 Å². The van der Waals surface area contributed by atoms with Gasteiger partial charge in [-0.2, -0.15) is 0 Å². The second kappa shape index (κ2) is 15.6. The summed E-state index contributed by atoms with van der Waals surface area (Å²) in [5.74, 6) is -0.833. The van der Waals surface area contributed by atoms with Crippen LogP contribution in [0, 0.1) is 0 Å². The molecule has 0 aliphatic carbocycles. The van der Waals surface area contributed by atoms with Crippen molar-refractivity contribution in [2.45, 2.75) is 6.92 Å². The van der Waals surface area contributed by atoms with Crippen molar-refractivity contribution in [3.8, 4) is 0 Å². The monoisotopic (exact) mass is 332 g/mol. The molecular weight excluding hydrogens is 323 g/mol. The van der Waals surface area contributed by atoms with E-state index in [1.807, 2.05) is 0 Å². The zero-order chi connectivity index (χ0) is 3.58. The number of carboxylic acid groups (broad SMARTS) is 1. The van der Waals surface area contributed by atoms with Crippen LogP contribution in [0.15, 0.2) is 0 Å². The Morgan fingerprint density at radius 1 is 1.57 bits per heavy atom. The summed E-state index contributed by atoms with van der Waals surface area (Å²) in [4.78, 5) is 9.00. The number of aliphatic carboxylic acids is 1. The van der Waals surface area contributed by atoms with E-state index in [1.165, 1.54) is 0 Å². The van der Waals surface area contributed by atoms with Crippen molar-refractivity contribution in [1.29, 1.82) is 0 Å². The fourth-order valence-corrected chi connectivity index (χ4v) is 0. The third-order valence-electron chi connectivity index (χ3n) is 0. The van der Waals surface area contributed by atoms with Gasteiger partial charge in [-0.05, 0) is 0 Å². The van der Waals surface area contributed by atoms with Crippen LogP contribution < -0.4 is 0 Å². The van der Waals surface area contributed by atoms with Crippen LogP contribution in [0.2, 0.25) is 0 Å². The summed E-state index contributed by atoms with van der Waals surface area (Å²) in [5.41, 5.74) is 0. The van der Waals surface area contributed by atoms with Gasteiger partial charge in [-0.3, -0.25) is 4.79 Å². The van der Waals surface area contributed by atoms with Gasteiger partial charge in [-0.25, -0.2) is 0 Å². The Morgan fingerprint density at radius 2 is 1.57 bits per heavy atom. The molecule has 5 heteroatoms. The van der Waals surface area contributed by atoms with Crippen molar-refractivity contribution in [3.05, 3.63) is 0 Å². The molecule has 0 unspecified atom stereocenters. The topological polar surface area (TPSA) is 37.3 Å². The van der Waals surface area contributed by atoms with E-state index >= 15 is 0 Å². The Labute approximate surface area is 85.6 Å². The van der Waals surface area contributed by atoms with Gasteiger partial charge < -0.3 is 5.11 Å². The van der Waals surface area contributed by atoms with Gasteiger partial charge in [-0.1, -0.05) is 0 Å². The molecule has 7 heavy (non-hydrogen) atoms. The zero-order valence-corrected chi connectivity index (χ0v) is 13.1. The number of carbonyl (C=O) groups is 1. The van der Waals surface area contributed by atoms with Gasteiger partial charge in [0.2, 0.25) is 0 Å². The molecule has 0 saturated heterocycles. The molecule has 0 fully saturated rings. The molecule has 0 spiro atoms. The average Bonchev–Trinajstić information content (AvgIpc) is 0.811. The Morgan fingerprint density at radius 3 is 1.57 bits per heavy atom. The van der Waals surface area contributed by atoms with E-state index in [9.17, 15) is 0 Å². The van der Waals surface area contributed by atoms with E-state index in [1.54, 1.807) is 0 Å². The maximum atomic E-state index is 9.00. The number of rotatable bonds is 0. The van der Waals surface area contributed by atoms with Crippen molar-refractivity contribution in [2.24, 2.45) is 0 Å². The molecule has 0 amide bonds. The van der Waals surface area contributed by atoms with Crippen LogP contribution in [0.5, 0.6) is 0 Å². The molecule has 2 nitrogen and oxygen atoms in total. The minimum atomic E-state index is -0.833. The Bertz CT molecular complexity index is 38.7. The van der Waals surface area contributed by atoms with E-state index in [-0.39, 0.29) is 63.6 Å². The van der Waals surface area contributed by atoms with Crippen LogP contribution in [0.4, 0.5) is 0 Å². The van der Waals surface area contributed by atoms with E-state index in [0.717, 1.165) is 6.92 Å². The molecule has 0 aliphatic heterocycles. The molecule has 0 saturated carbocycles. The van der Waals surface area contributed by atoms with Crippen LogP contribution in [0.1, 0.15) is 6.92 Å². The first-order valence-corrected chi connectivity index (χ1v) is 0.928. The van der Waals surface area contributed by atoms with E-state index in [2.05, 4.69) is 0 Å². The van der Waals surface area contributed by atoms with Crippen LogP contribution in [-0.4, -0.2) is 35.0 Å². The van der Waals surface area contributed by atoms with Crippen molar-refractivity contribution in [1.82, 2.24) is 0 Å². The first-order chi connectivity index (χ1) is 1.73. The predicted molar refractivity (Wildman–Crippen MR) is 29.1 cm³/mol. The summed E-state index contributed by atoms with van der Waals surface area (Å²) < 4.78 is 0. The number of hydrogen-bond acceptors (Lipinski definition) is 1. The fraction of sp³-hybridized carbons (Fsp3) is 0.500. The average molecular weight is 330 g/mol. The third kappa shape index (κ3) is 102. The molecule has 0 heterocycles. The molecule has 0 aromatic rings. The fourth-order valence-electron chi connectivity index (χ4n) is 0. The summed E-state index contributed by atoms with van der Waals surface area (Å²) in [6.07, 6.45) is 0. The second-order valence-corrected chi connectivity index (χ2v) is 0.519. The molecule has 1 N–H and O–H groups in total. The van der Waals surface area contributed by atoms with Crippen molar-refractivity contribution >= 4 is 42.3 Å². The van der Waals surface area contributed by atoms with Gasteiger partial charge in [0, 0.05) is 34.2 Å². The number of hydrogen-bond donors (Lipinski definition) is 1. The summed E-state index contributed by atoms with van der Waals surface area (Å²) in [6.45, 7) is 1.08. The molecule has 2 radical (unpaired) electrons. The Hall–Kier alpha value is 1.48. The molecular formula is C2H7CdClO2Sn. The third-order valence-corrected chi connectivity index (χ3v) is 0. The van der Waals surface area contributed by atoms with Crippen LogP contribution in [0.25, 0.3) is 0 Å². The van der Waals surface area contributed by atoms with E-state index in [4.69, 9.17) is 9.90 Å². The minimum absolute atomic E-state index is 0. The van der Waals surface area contributed by atoms with Crippen LogP contribution in [-0.2, 0) is 32.1 Å². The van der Waals surface area contributed by atoms with Crippen LogP contribution in [0.3, 0.4) is 0 Å². The molecule has 0 atom stereocenters. The summed E-state index contributed by atoms with van der Waals surface area (Å²) >= 11 is 0. The van der Waals surface area contributed by atoms with Crippen molar-refractivity contribution in [3.63, 3.8) is 0 Å². The molecule has 0 aliphatic rings. The standard InChI is InChI=1S/C2H4O2.Cd.ClH.Sn.2H/c1-2(3)4;;;;;/h1H3,(H,3,4);;1H;;;. The normalized spacial score (nSPS) is 3.57. The first kappa shape index (κ1) is 23.6. The van der Waals surface area contributed by atoms with Gasteiger partial charge in [0.25, 0.3) is 5.97 Å². The summed E-state index contributed by atoms with van der Waals surface area (Å²) in [6, 6.07) is 0. The van der Waals surface area contributed by atoms with Gasteiger partial charge in [-0.15, -0.1) is 12.4 Å². The van der Waals surface area contributed by atoms with Gasteiger partial charge in [0.05, 0.1) is 0 Å². The first-order valence-electron chi connectivity index (χ1n) is 0.928. The molecule has 0 rings (SSSR count). The molecule has 0 aromatic heterocycles. The quantitative estimate of drug-likeness (QED) is 0.614. The Balaban J connectivity index is -0.0000000150. The van der Waals surface area contributed by atoms with Gasteiger partial charge in [0.1, 0.15) is 0 Å². The van der Waals surface area contributed by atoms with Gasteiger partial charge in [0.15, 0.2) is 0 Å². The zero-order valence-electron chi connectivity index (χ0n) is 4.18.